The van der Waals surface area contributed by atoms with Gasteiger partial charge in [-0.25, -0.2) is 13.2 Å². The van der Waals surface area contributed by atoms with Crippen molar-refractivity contribution in [2.24, 2.45) is 0 Å². The van der Waals surface area contributed by atoms with Crippen LogP contribution in [0.25, 0.3) is 6.08 Å². The molecule has 0 saturated carbocycles. The lowest BCUT2D eigenvalue weighted by Crippen LogP contribution is -2.14. The van der Waals surface area contributed by atoms with Crippen LogP contribution in [0, 0.1) is 0 Å². The number of carboxylic acids is 1. The number of benzene rings is 3. The fraction of sp³-hybridized carbons (Fsp3) is 0.0870. The molecule has 0 aliphatic rings. The van der Waals surface area contributed by atoms with E-state index in [9.17, 15) is 44.7 Å². The van der Waals surface area contributed by atoms with E-state index in [0.29, 0.717) is 18.2 Å². The predicted octanol–water partition coefficient (Wildman–Crippen LogP) is 6.15. The Morgan fingerprint density at radius 1 is 0.861 bits per heavy atom. The first-order valence-electron chi connectivity index (χ1n) is 9.65. The zero-order chi connectivity index (χ0) is 26.9. The van der Waals surface area contributed by atoms with Crippen LogP contribution in [0.2, 0.25) is 0 Å². The van der Waals surface area contributed by atoms with Crippen molar-refractivity contribution in [3.8, 4) is 17.2 Å². The number of sulfone groups is 1. The maximum absolute atomic E-state index is 13.7. The van der Waals surface area contributed by atoms with Gasteiger partial charge in [-0.15, -0.1) is 0 Å². The molecule has 0 saturated heterocycles. The van der Waals surface area contributed by atoms with Gasteiger partial charge in [-0.1, -0.05) is 18.2 Å². The van der Waals surface area contributed by atoms with Crippen LogP contribution in [-0.4, -0.2) is 24.6 Å². The molecular weight excluding hydrogens is 518 g/mol. The fourth-order valence-corrected chi connectivity index (χ4v) is 4.45. The molecule has 0 bridgehead atoms. The van der Waals surface area contributed by atoms with Crippen molar-refractivity contribution in [1.29, 1.82) is 0 Å². The summed E-state index contributed by atoms with van der Waals surface area (Å²) < 4.78 is 113. The van der Waals surface area contributed by atoms with E-state index >= 15 is 0 Å². The minimum absolute atomic E-state index is 0.256. The third-order valence-electron chi connectivity index (χ3n) is 4.63. The Balaban J connectivity index is 2.21. The summed E-state index contributed by atoms with van der Waals surface area (Å²) >= 11 is 0. The van der Waals surface area contributed by atoms with Gasteiger partial charge in [-0.05, 0) is 48.0 Å². The molecule has 0 fully saturated rings. The van der Waals surface area contributed by atoms with Crippen LogP contribution >= 0.6 is 0 Å². The molecule has 0 aromatic heterocycles. The summed E-state index contributed by atoms with van der Waals surface area (Å²) in [5, 5.41) is 18.7. The average Bonchev–Trinajstić information content (AvgIpc) is 2.78. The molecule has 13 heteroatoms. The molecule has 0 amide bonds. The Kier molecular flexibility index (Phi) is 7.07. The first-order chi connectivity index (χ1) is 16.6. The van der Waals surface area contributed by atoms with Gasteiger partial charge in [-0.2, -0.15) is 26.3 Å². The molecule has 0 aliphatic carbocycles. The first-order valence-corrected chi connectivity index (χ1v) is 11.1. The Morgan fingerprint density at radius 2 is 1.42 bits per heavy atom. The minimum atomic E-state index is -5.38. The standard InChI is InChI=1S/C23H14F6O6S/c24-22(25,26)16-10-13(6-9-20(31)32)11-17(23(27,28)29)21(16)35-14-7-8-18(30)19(12-14)36(33,34)15-4-2-1-3-5-15/h1-12,30H,(H,31,32)/b9-6+. The topological polar surface area (TPSA) is 101 Å². The summed E-state index contributed by atoms with van der Waals surface area (Å²) in [6, 6.07) is 9.24. The van der Waals surface area contributed by atoms with Gasteiger partial charge >= 0.3 is 18.3 Å². The molecule has 0 atom stereocenters. The minimum Gasteiger partial charge on any atom is -0.507 e. The highest BCUT2D eigenvalue weighted by Gasteiger charge is 2.43. The summed E-state index contributed by atoms with van der Waals surface area (Å²) in [5.41, 5.74) is -4.49. The van der Waals surface area contributed by atoms with Gasteiger partial charge < -0.3 is 14.9 Å². The van der Waals surface area contributed by atoms with Crippen molar-refractivity contribution in [3.05, 3.63) is 83.4 Å². The van der Waals surface area contributed by atoms with Crippen molar-refractivity contribution >= 4 is 21.9 Å². The number of halogens is 6. The van der Waals surface area contributed by atoms with Crippen molar-refractivity contribution in [2.45, 2.75) is 22.1 Å². The van der Waals surface area contributed by atoms with Crippen molar-refractivity contribution in [3.63, 3.8) is 0 Å². The second-order valence-electron chi connectivity index (χ2n) is 7.16. The van der Waals surface area contributed by atoms with Crippen LogP contribution in [0.5, 0.6) is 17.2 Å². The van der Waals surface area contributed by atoms with Crippen LogP contribution < -0.4 is 4.74 Å². The normalized spacial score (nSPS) is 12.6. The van der Waals surface area contributed by atoms with E-state index in [2.05, 4.69) is 0 Å². The van der Waals surface area contributed by atoms with E-state index in [4.69, 9.17) is 9.84 Å². The molecule has 6 nitrogen and oxygen atoms in total. The summed E-state index contributed by atoms with van der Waals surface area (Å²) in [4.78, 5) is 9.56. The van der Waals surface area contributed by atoms with E-state index < -0.39 is 67.0 Å². The first kappa shape index (κ1) is 26.6. The average molecular weight is 532 g/mol. The van der Waals surface area contributed by atoms with Crippen molar-refractivity contribution in [1.82, 2.24) is 0 Å². The number of aromatic hydroxyl groups is 1. The summed E-state index contributed by atoms with van der Waals surface area (Å²) in [6.45, 7) is 0. The number of hydrogen-bond acceptors (Lipinski definition) is 5. The number of aliphatic carboxylic acids is 1. The monoisotopic (exact) mass is 532 g/mol. The number of phenolic OH excluding ortho intramolecular Hbond substituents is 1. The van der Waals surface area contributed by atoms with Gasteiger partial charge in [0.2, 0.25) is 9.84 Å². The molecule has 3 rings (SSSR count). The number of carboxylic acid groups (broad SMARTS) is 1. The van der Waals surface area contributed by atoms with E-state index in [1.807, 2.05) is 0 Å². The third-order valence-corrected chi connectivity index (χ3v) is 6.43. The number of hydrogen-bond donors (Lipinski definition) is 2. The Hall–Kier alpha value is -4.00. The highest BCUT2D eigenvalue weighted by Crippen LogP contribution is 2.47. The lowest BCUT2D eigenvalue weighted by molar-refractivity contribution is -0.145. The second-order valence-corrected chi connectivity index (χ2v) is 9.08. The molecule has 36 heavy (non-hydrogen) atoms. The Labute approximate surface area is 199 Å². The number of rotatable bonds is 6. The molecule has 0 spiro atoms. The third kappa shape index (κ3) is 5.79. The predicted molar refractivity (Wildman–Crippen MR) is 113 cm³/mol. The van der Waals surface area contributed by atoms with E-state index in [1.165, 1.54) is 30.3 Å². The zero-order valence-electron chi connectivity index (χ0n) is 17.6. The van der Waals surface area contributed by atoms with Gasteiger partial charge in [0.1, 0.15) is 16.4 Å². The number of phenols is 1. The molecule has 0 aliphatic heterocycles. The molecule has 0 heterocycles. The van der Waals surface area contributed by atoms with E-state index in [-0.39, 0.29) is 17.0 Å². The Bertz CT molecular complexity index is 1390. The molecule has 0 unspecified atom stereocenters. The smallest absolute Gasteiger partial charge is 0.420 e. The van der Waals surface area contributed by atoms with Crippen LogP contribution in [-0.2, 0) is 27.0 Å². The molecule has 190 valence electrons. The fourth-order valence-electron chi connectivity index (χ4n) is 3.06. The zero-order valence-corrected chi connectivity index (χ0v) is 18.4. The molecule has 2 N–H and O–H groups in total. The second kappa shape index (κ2) is 9.57. The highest BCUT2D eigenvalue weighted by atomic mass is 32.2. The molecule has 3 aromatic carbocycles. The molecule has 3 aromatic rings. The van der Waals surface area contributed by atoms with Crippen LogP contribution in [0.1, 0.15) is 16.7 Å². The van der Waals surface area contributed by atoms with Crippen LogP contribution in [0.3, 0.4) is 0 Å². The SMILES string of the molecule is O=C(O)/C=C/c1cc(C(F)(F)F)c(Oc2ccc(O)c(S(=O)(=O)c3ccccc3)c2)c(C(F)(F)F)c1. The van der Waals surface area contributed by atoms with Gasteiger partial charge in [0.15, 0.2) is 5.75 Å². The quantitative estimate of drug-likeness (QED) is 0.292. The van der Waals surface area contributed by atoms with Gasteiger partial charge in [0.25, 0.3) is 0 Å². The highest BCUT2D eigenvalue weighted by molar-refractivity contribution is 7.91. The van der Waals surface area contributed by atoms with E-state index in [0.717, 1.165) is 12.1 Å². The van der Waals surface area contributed by atoms with Crippen molar-refractivity contribution in [2.75, 3.05) is 0 Å². The largest absolute Gasteiger partial charge is 0.507 e. The van der Waals surface area contributed by atoms with Gasteiger partial charge in [0, 0.05) is 12.1 Å². The van der Waals surface area contributed by atoms with Crippen molar-refractivity contribution < 1.29 is 54.5 Å². The van der Waals surface area contributed by atoms with Crippen LogP contribution in [0.4, 0.5) is 26.3 Å². The van der Waals surface area contributed by atoms with Gasteiger partial charge in [-0.3, -0.25) is 0 Å². The van der Waals surface area contributed by atoms with E-state index in [1.54, 1.807) is 0 Å². The lowest BCUT2D eigenvalue weighted by Gasteiger charge is -2.20. The maximum Gasteiger partial charge on any atom is 0.420 e. The number of carbonyl (C=O) groups is 1. The Morgan fingerprint density at radius 3 is 1.92 bits per heavy atom. The number of alkyl halides is 6. The molecular formula is C23H14F6O6S. The molecule has 0 radical (unpaired) electrons. The maximum atomic E-state index is 13.7. The summed E-state index contributed by atoms with van der Waals surface area (Å²) in [5.74, 6) is -4.84. The number of ether oxygens (including phenoxy) is 1. The van der Waals surface area contributed by atoms with Gasteiger partial charge in [0.05, 0.1) is 16.0 Å². The lowest BCUT2D eigenvalue weighted by atomic mass is 10.0. The summed E-state index contributed by atoms with van der Waals surface area (Å²) in [6.07, 6.45) is -9.85. The van der Waals surface area contributed by atoms with Crippen LogP contribution in [0.15, 0.2) is 76.5 Å². The summed E-state index contributed by atoms with van der Waals surface area (Å²) in [7, 11) is -4.42.